The van der Waals surface area contributed by atoms with Gasteiger partial charge in [0.05, 0.1) is 6.04 Å². The SMILES string of the molecule is CCc1c(C(C)NCCc2cccs2)oc2ccccc12. The number of benzene rings is 1. The van der Waals surface area contributed by atoms with E-state index in [0.717, 1.165) is 30.7 Å². The summed E-state index contributed by atoms with van der Waals surface area (Å²) in [4.78, 5) is 1.43. The van der Waals surface area contributed by atoms with Crippen LogP contribution in [0, 0.1) is 0 Å². The Labute approximate surface area is 129 Å². The van der Waals surface area contributed by atoms with Gasteiger partial charge >= 0.3 is 0 Å². The zero-order chi connectivity index (χ0) is 14.7. The number of furan rings is 1. The van der Waals surface area contributed by atoms with E-state index in [0.29, 0.717) is 0 Å². The second-order valence-corrected chi connectivity index (χ2v) is 6.33. The summed E-state index contributed by atoms with van der Waals surface area (Å²) < 4.78 is 6.08. The summed E-state index contributed by atoms with van der Waals surface area (Å²) >= 11 is 1.82. The molecule has 21 heavy (non-hydrogen) atoms. The molecule has 110 valence electrons. The fraction of sp³-hybridized carbons (Fsp3) is 0.333. The van der Waals surface area contributed by atoms with Gasteiger partial charge in [-0.2, -0.15) is 0 Å². The summed E-state index contributed by atoms with van der Waals surface area (Å²) in [7, 11) is 0. The molecule has 2 aromatic heterocycles. The van der Waals surface area contributed by atoms with Crippen LogP contribution in [0.4, 0.5) is 0 Å². The Morgan fingerprint density at radius 1 is 1.19 bits per heavy atom. The van der Waals surface area contributed by atoms with Crippen molar-refractivity contribution in [1.29, 1.82) is 0 Å². The summed E-state index contributed by atoms with van der Waals surface area (Å²) in [5, 5.41) is 6.97. The molecule has 0 saturated carbocycles. The zero-order valence-electron chi connectivity index (χ0n) is 12.6. The first-order valence-electron chi connectivity index (χ1n) is 7.55. The van der Waals surface area contributed by atoms with E-state index in [1.165, 1.54) is 15.8 Å². The first-order valence-corrected chi connectivity index (χ1v) is 8.43. The minimum Gasteiger partial charge on any atom is -0.459 e. The van der Waals surface area contributed by atoms with Crippen LogP contribution in [0.2, 0.25) is 0 Å². The van der Waals surface area contributed by atoms with E-state index in [-0.39, 0.29) is 6.04 Å². The second-order valence-electron chi connectivity index (χ2n) is 5.30. The molecular formula is C18H21NOS. The molecule has 1 atom stereocenters. The topological polar surface area (TPSA) is 25.2 Å². The average Bonchev–Trinajstić information content (AvgIpc) is 3.13. The summed E-state index contributed by atoms with van der Waals surface area (Å²) in [6.45, 7) is 5.35. The number of para-hydroxylation sites is 1. The Morgan fingerprint density at radius 3 is 2.81 bits per heavy atom. The van der Waals surface area contributed by atoms with Crippen LogP contribution in [0.3, 0.4) is 0 Å². The summed E-state index contributed by atoms with van der Waals surface area (Å²) in [6.07, 6.45) is 2.08. The largest absolute Gasteiger partial charge is 0.459 e. The Bertz CT molecular complexity index is 699. The molecule has 1 unspecified atom stereocenters. The molecule has 0 aliphatic heterocycles. The molecule has 2 nitrogen and oxygen atoms in total. The maximum atomic E-state index is 6.08. The van der Waals surface area contributed by atoms with Crippen LogP contribution in [0.25, 0.3) is 11.0 Å². The lowest BCUT2D eigenvalue weighted by molar-refractivity contribution is 0.449. The van der Waals surface area contributed by atoms with Crippen molar-refractivity contribution >= 4 is 22.3 Å². The first kappa shape index (κ1) is 14.4. The Balaban J connectivity index is 1.73. The fourth-order valence-corrected chi connectivity index (χ4v) is 3.50. The van der Waals surface area contributed by atoms with Crippen LogP contribution in [-0.2, 0) is 12.8 Å². The molecule has 0 bridgehead atoms. The molecule has 2 heterocycles. The maximum Gasteiger partial charge on any atom is 0.134 e. The minimum atomic E-state index is 0.243. The van der Waals surface area contributed by atoms with Gasteiger partial charge in [0.1, 0.15) is 11.3 Å². The van der Waals surface area contributed by atoms with Crippen LogP contribution in [0.1, 0.15) is 36.1 Å². The van der Waals surface area contributed by atoms with Gasteiger partial charge in [0, 0.05) is 22.4 Å². The lowest BCUT2D eigenvalue weighted by atomic mass is 10.0. The molecule has 3 heteroatoms. The lowest BCUT2D eigenvalue weighted by Crippen LogP contribution is -2.21. The van der Waals surface area contributed by atoms with Gasteiger partial charge in [-0.05, 0) is 37.3 Å². The van der Waals surface area contributed by atoms with Gasteiger partial charge in [0.25, 0.3) is 0 Å². The molecule has 0 aliphatic carbocycles. The monoisotopic (exact) mass is 299 g/mol. The smallest absolute Gasteiger partial charge is 0.134 e. The van der Waals surface area contributed by atoms with Crippen molar-refractivity contribution in [2.75, 3.05) is 6.54 Å². The molecule has 0 radical (unpaired) electrons. The van der Waals surface area contributed by atoms with Crippen LogP contribution in [-0.4, -0.2) is 6.54 Å². The number of hydrogen-bond acceptors (Lipinski definition) is 3. The standard InChI is InChI=1S/C18H21NOS/c1-3-15-16-8-4-5-9-17(16)20-18(15)13(2)19-11-10-14-7-6-12-21-14/h4-9,12-13,19H,3,10-11H2,1-2H3. The maximum absolute atomic E-state index is 6.08. The third kappa shape index (κ3) is 3.04. The van der Waals surface area contributed by atoms with E-state index < -0.39 is 0 Å². The van der Waals surface area contributed by atoms with Crippen molar-refractivity contribution in [3.8, 4) is 0 Å². The molecule has 0 aliphatic rings. The number of rotatable bonds is 6. The number of fused-ring (bicyclic) bond motifs is 1. The minimum absolute atomic E-state index is 0.243. The van der Waals surface area contributed by atoms with Gasteiger partial charge in [0.15, 0.2) is 0 Å². The third-order valence-corrected chi connectivity index (χ3v) is 4.81. The van der Waals surface area contributed by atoms with Gasteiger partial charge in [-0.3, -0.25) is 0 Å². The molecule has 1 aromatic carbocycles. The van der Waals surface area contributed by atoms with Crippen molar-refractivity contribution in [1.82, 2.24) is 5.32 Å². The van der Waals surface area contributed by atoms with E-state index in [2.05, 4.69) is 54.9 Å². The molecule has 0 amide bonds. The average molecular weight is 299 g/mol. The van der Waals surface area contributed by atoms with Crippen molar-refractivity contribution in [3.63, 3.8) is 0 Å². The predicted molar refractivity (Wildman–Crippen MR) is 90.0 cm³/mol. The van der Waals surface area contributed by atoms with E-state index in [1.807, 2.05) is 17.4 Å². The highest BCUT2D eigenvalue weighted by atomic mass is 32.1. The second kappa shape index (κ2) is 6.46. The van der Waals surface area contributed by atoms with Crippen molar-refractivity contribution in [2.45, 2.75) is 32.7 Å². The molecule has 0 fully saturated rings. The van der Waals surface area contributed by atoms with Crippen LogP contribution >= 0.6 is 11.3 Å². The normalized spacial score (nSPS) is 12.9. The highest BCUT2D eigenvalue weighted by molar-refractivity contribution is 7.09. The number of nitrogens with one attached hydrogen (secondary N) is 1. The predicted octanol–water partition coefficient (Wildman–Crippen LogP) is 4.95. The highest BCUT2D eigenvalue weighted by Gasteiger charge is 2.17. The molecular weight excluding hydrogens is 278 g/mol. The Hall–Kier alpha value is -1.58. The fourth-order valence-electron chi connectivity index (χ4n) is 2.79. The van der Waals surface area contributed by atoms with E-state index in [1.54, 1.807) is 0 Å². The van der Waals surface area contributed by atoms with Crippen LogP contribution < -0.4 is 5.32 Å². The molecule has 0 spiro atoms. The Kier molecular flexibility index (Phi) is 4.42. The van der Waals surface area contributed by atoms with E-state index in [9.17, 15) is 0 Å². The summed E-state index contributed by atoms with van der Waals surface area (Å²) in [5.74, 6) is 1.09. The van der Waals surface area contributed by atoms with Crippen molar-refractivity contribution in [3.05, 3.63) is 58.0 Å². The number of hydrogen-bond donors (Lipinski definition) is 1. The summed E-state index contributed by atoms with van der Waals surface area (Å²) in [6, 6.07) is 12.9. The molecule has 1 N–H and O–H groups in total. The number of thiophene rings is 1. The van der Waals surface area contributed by atoms with Crippen LogP contribution in [0.15, 0.2) is 46.2 Å². The first-order chi connectivity index (χ1) is 10.3. The van der Waals surface area contributed by atoms with Gasteiger partial charge < -0.3 is 9.73 Å². The summed E-state index contributed by atoms with van der Waals surface area (Å²) in [5.41, 5.74) is 2.33. The molecule has 0 saturated heterocycles. The highest BCUT2D eigenvalue weighted by Crippen LogP contribution is 2.30. The molecule has 3 aromatic rings. The van der Waals surface area contributed by atoms with Crippen molar-refractivity contribution in [2.24, 2.45) is 0 Å². The third-order valence-electron chi connectivity index (χ3n) is 3.88. The van der Waals surface area contributed by atoms with Gasteiger partial charge in [-0.25, -0.2) is 0 Å². The quantitative estimate of drug-likeness (QED) is 0.696. The van der Waals surface area contributed by atoms with Gasteiger partial charge in [-0.15, -0.1) is 11.3 Å². The van der Waals surface area contributed by atoms with Gasteiger partial charge in [-0.1, -0.05) is 31.2 Å². The van der Waals surface area contributed by atoms with Crippen LogP contribution in [0.5, 0.6) is 0 Å². The lowest BCUT2D eigenvalue weighted by Gasteiger charge is -2.12. The van der Waals surface area contributed by atoms with E-state index in [4.69, 9.17) is 4.42 Å². The van der Waals surface area contributed by atoms with Gasteiger partial charge in [0.2, 0.25) is 0 Å². The Morgan fingerprint density at radius 2 is 2.05 bits per heavy atom. The van der Waals surface area contributed by atoms with Crippen molar-refractivity contribution < 1.29 is 4.42 Å². The van der Waals surface area contributed by atoms with E-state index >= 15 is 0 Å². The molecule has 3 rings (SSSR count). The number of aryl methyl sites for hydroxylation is 1. The zero-order valence-corrected chi connectivity index (χ0v) is 13.4.